The molecule has 146 valence electrons. The van der Waals surface area contributed by atoms with E-state index in [4.69, 9.17) is 0 Å². The molecule has 0 aliphatic carbocycles. The molecule has 0 radical (unpaired) electrons. The van der Waals surface area contributed by atoms with Gasteiger partial charge in [-0.3, -0.25) is 4.79 Å². The summed E-state index contributed by atoms with van der Waals surface area (Å²) in [4.78, 5) is 16.5. The Balaban J connectivity index is 1.45. The van der Waals surface area contributed by atoms with Gasteiger partial charge in [0.1, 0.15) is 5.82 Å². The third-order valence-corrected chi connectivity index (χ3v) is 5.34. The number of aromatic nitrogens is 4. The van der Waals surface area contributed by atoms with Gasteiger partial charge in [-0.05, 0) is 44.2 Å². The fraction of sp³-hybridized carbons (Fsp3) is 0.647. The number of hydrogen-bond acceptors (Lipinski definition) is 5. The van der Waals surface area contributed by atoms with Crippen molar-refractivity contribution in [1.82, 2.24) is 24.7 Å². The zero-order valence-corrected chi connectivity index (χ0v) is 14.8. The summed E-state index contributed by atoms with van der Waals surface area (Å²) in [5, 5.41) is 10.8. The second-order valence-electron chi connectivity index (χ2n) is 7.13. The summed E-state index contributed by atoms with van der Waals surface area (Å²) >= 11 is 0. The van der Waals surface area contributed by atoms with Crippen LogP contribution in [0.1, 0.15) is 37.9 Å². The Morgan fingerprint density at radius 2 is 1.70 bits per heavy atom. The molecule has 2 aromatic rings. The molecular formula is C17H21F3N6O. The predicted octanol–water partition coefficient (Wildman–Crippen LogP) is 2.37. The third kappa shape index (κ3) is 3.57. The van der Waals surface area contributed by atoms with Crippen molar-refractivity contribution in [3.63, 3.8) is 0 Å². The number of nitrogens with zero attached hydrogens (tertiary/aromatic N) is 6. The van der Waals surface area contributed by atoms with Gasteiger partial charge >= 0.3 is 6.18 Å². The lowest BCUT2D eigenvalue weighted by atomic mass is 9.94. The molecule has 2 fully saturated rings. The lowest BCUT2D eigenvalue weighted by molar-refractivity contribution is -0.146. The molecule has 2 aliphatic heterocycles. The summed E-state index contributed by atoms with van der Waals surface area (Å²) in [6, 6.07) is 3.13. The molecule has 4 heterocycles. The van der Waals surface area contributed by atoms with Gasteiger partial charge in [0.25, 0.3) is 5.82 Å². The Hall–Kier alpha value is -2.39. The number of likely N-dealkylation sites (tertiary alicyclic amines) is 1. The quantitative estimate of drug-likeness (QED) is 0.798. The molecule has 7 nitrogen and oxygen atoms in total. The summed E-state index contributed by atoms with van der Waals surface area (Å²) in [6.07, 6.45) is 0.0645. The second-order valence-corrected chi connectivity index (χ2v) is 7.13. The smallest absolute Gasteiger partial charge is 0.355 e. The van der Waals surface area contributed by atoms with Crippen LogP contribution in [-0.2, 0) is 11.0 Å². The van der Waals surface area contributed by atoms with E-state index in [1.165, 1.54) is 12.5 Å². The Morgan fingerprint density at radius 3 is 2.37 bits per heavy atom. The van der Waals surface area contributed by atoms with Crippen LogP contribution in [0.5, 0.6) is 0 Å². The first kappa shape index (κ1) is 18.0. The zero-order valence-electron chi connectivity index (χ0n) is 14.8. The van der Waals surface area contributed by atoms with E-state index < -0.39 is 12.0 Å². The number of halogens is 3. The van der Waals surface area contributed by atoms with Gasteiger partial charge in [0.05, 0.1) is 0 Å². The number of carbonyl (C=O) groups is 1. The minimum Gasteiger partial charge on any atom is -0.355 e. The van der Waals surface area contributed by atoms with E-state index in [2.05, 4.69) is 15.3 Å². The van der Waals surface area contributed by atoms with E-state index >= 15 is 0 Å². The first-order valence-corrected chi connectivity index (χ1v) is 9.27. The van der Waals surface area contributed by atoms with Crippen LogP contribution in [0.2, 0.25) is 0 Å². The first-order chi connectivity index (χ1) is 12.9. The maximum absolute atomic E-state index is 13.0. The molecule has 2 aliphatic rings. The number of alkyl halides is 3. The van der Waals surface area contributed by atoms with Crippen molar-refractivity contribution in [2.75, 3.05) is 31.1 Å². The van der Waals surface area contributed by atoms with Gasteiger partial charge in [-0.25, -0.2) is 0 Å². The Morgan fingerprint density at radius 1 is 1.00 bits per heavy atom. The molecule has 1 amide bonds. The predicted molar refractivity (Wildman–Crippen MR) is 91.2 cm³/mol. The van der Waals surface area contributed by atoms with Gasteiger partial charge in [0.2, 0.25) is 5.91 Å². The molecule has 0 unspecified atom stereocenters. The number of hydrogen-bond donors (Lipinski definition) is 0. The maximum atomic E-state index is 13.0. The molecule has 2 aromatic heterocycles. The number of piperidine rings is 2. The molecule has 0 saturated carbocycles. The SMILES string of the molecule is O=C(C1CCN(c2ccc3nnc(C(F)(F)F)n3n2)CC1)N1CCCCC1. The minimum absolute atomic E-state index is 0.0104. The van der Waals surface area contributed by atoms with E-state index in [0.717, 1.165) is 30.4 Å². The summed E-state index contributed by atoms with van der Waals surface area (Å²) in [5.74, 6) is -0.481. The maximum Gasteiger partial charge on any atom is 0.453 e. The largest absolute Gasteiger partial charge is 0.453 e. The molecule has 4 rings (SSSR count). The van der Waals surface area contributed by atoms with Gasteiger partial charge in [-0.2, -0.15) is 17.7 Å². The Kier molecular flexibility index (Phi) is 4.65. The van der Waals surface area contributed by atoms with Crippen molar-refractivity contribution in [3.8, 4) is 0 Å². The van der Waals surface area contributed by atoms with Gasteiger partial charge in [0, 0.05) is 32.1 Å². The monoisotopic (exact) mass is 382 g/mol. The van der Waals surface area contributed by atoms with Gasteiger partial charge in [-0.15, -0.1) is 15.3 Å². The first-order valence-electron chi connectivity index (χ1n) is 9.27. The van der Waals surface area contributed by atoms with Crippen LogP contribution in [0.3, 0.4) is 0 Å². The number of anilines is 1. The van der Waals surface area contributed by atoms with Crippen LogP contribution >= 0.6 is 0 Å². The summed E-state index contributed by atoms with van der Waals surface area (Å²) < 4.78 is 39.8. The van der Waals surface area contributed by atoms with Gasteiger partial charge in [-0.1, -0.05) is 0 Å². The molecule has 27 heavy (non-hydrogen) atoms. The number of fused-ring (bicyclic) bond motifs is 1. The molecule has 10 heteroatoms. The number of amides is 1. The Bertz CT molecular complexity index is 822. The molecule has 0 N–H and O–H groups in total. The summed E-state index contributed by atoms with van der Waals surface area (Å²) in [5.41, 5.74) is 0.0567. The average Bonchev–Trinajstić information content (AvgIpc) is 3.12. The fourth-order valence-corrected chi connectivity index (χ4v) is 3.85. The van der Waals surface area contributed by atoms with Crippen molar-refractivity contribution < 1.29 is 18.0 Å². The molecule has 0 bridgehead atoms. The summed E-state index contributed by atoms with van der Waals surface area (Å²) in [7, 11) is 0. The highest BCUT2D eigenvalue weighted by Crippen LogP contribution is 2.29. The highest BCUT2D eigenvalue weighted by atomic mass is 19.4. The highest BCUT2D eigenvalue weighted by Gasteiger charge is 2.38. The normalized spacial score (nSPS) is 19.7. The van der Waals surface area contributed by atoms with Crippen LogP contribution in [0.25, 0.3) is 5.65 Å². The van der Waals surface area contributed by atoms with Crippen molar-refractivity contribution in [2.45, 2.75) is 38.3 Å². The topological polar surface area (TPSA) is 66.6 Å². The number of rotatable bonds is 2. The Labute approximate surface area is 154 Å². The molecule has 0 aromatic carbocycles. The van der Waals surface area contributed by atoms with E-state index in [9.17, 15) is 18.0 Å². The highest BCUT2D eigenvalue weighted by molar-refractivity contribution is 5.79. The van der Waals surface area contributed by atoms with Gasteiger partial charge < -0.3 is 9.80 Å². The van der Waals surface area contributed by atoms with Crippen LogP contribution in [0.15, 0.2) is 12.1 Å². The fourth-order valence-electron chi connectivity index (χ4n) is 3.85. The van der Waals surface area contributed by atoms with Crippen molar-refractivity contribution >= 4 is 17.4 Å². The molecular weight excluding hydrogens is 361 g/mol. The minimum atomic E-state index is -4.61. The lowest BCUT2D eigenvalue weighted by Crippen LogP contribution is -2.44. The standard InChI is InChI=1S/C17H21F3N6O/c18-17(19,20)16-22-21-13-4-5-14(23-26(13)16)24-10-6-12(7-11-24)15(27)25-8-2-1-3-9-25/h4-5,12H,1-3,6-11H2. The van der Waals surface area contributed by atoms with E-state index in [-0.39, 0.29) is 17.5 Å². The molecule has 2 saturated heterocycles. The van der Waals surface area contributed by atoms with Crippen LogP contribution in [0, 0.1) is 5.92 Å². The van der Waals surface area contributed by atoms with Gasteiger partial charge in [0.15, 0.2) is 5.65 Å². The third-order valence-electron chi connectivity index (χ3n) is 5.34. The van der Waals surface area contributed by atoms with E-state index in [1.54, 1.807) is 6.07 Å². The van der Waals surface area contributed by atoms with Crippen molar-refractivity contribution in [3.05, 3.63) is 18.0 Å². The van der Waals surface area contributed by atoms with Crippen molar-refractivity contribution in [1.29, 1.82) is 0 Å². The average molecular weight is 382 g/mol. The zero-order chi connectivity index (χ0) is 19.0. The van der Waals surface area contributed by atoms with Crippen LogP contribution < -0.4 is 4.90 Å². The van der Waals surface area contributed by atoms with E-state index in [0.29, 0.717) is 31.7 Å². The number of carbonyl (C=O) groups excluding carboxylic acids is 1. The van der Waals surface area contributed by atoms with E-state index in [1.807, 2.05) is 9.80 Å². The second kappa shape index (κ2) is 6.97. The lowest BCUT2D eigenvalue weighted by Gasteiger charge is -2.36. The summed E-state index contributed by atoms with van der Waals surface area (Å²) in [6.45, 7) is 2.86. The van der Waals surface area contributed by atoms with Crippen LogP contribution in [-0.4, -0.2) is 56.8 Å². The molecule has 0 atom stereocenters. The van der Waals surface area contributed by atoms with Crippen molar-refractivity contribution in [2.24, 2.45) is 5.92 Å². The molecule has 0 spiro atoms. The van der Waals surface area contributed by atoms with Crippen LogP contribution in [0.4, 0.5) is 19.0 Å².